The number of hydrogen-bond donors (Lipinski definition) is 1. The zero-order chi connectivity index (χ0) is 13.1. The van der Waals surface area contributed by atoms with E-state index in [-0.39, 0.29) is 0 Å². The maximum Gasteiger partial charge on any atom is 0.150 e. The Hall–Kier alpha value is -0.940. The SMILES string of the molecule is CCC1NCCn2c(CCC3CCCCO3)nnc21. The summed E-state index contributed by atoms with van der Waals surface area (Å²) in [5.74, 6) is 2.26. The van der Waals surface area contributed by atoms with Crippen molar-refractivity contribution in [3.05, 3.63) is 11.6 Å². The third-order valence-electron chi connectivity index (χ3n) is 4.27. The summed E-state index contributed by atoms with van der Waals surface area (Å²) >= 11 is 0. The van der Waals surface area contributed by atoms with Gasteiger partial charge in [0.05, 0.1) is 12.1 Å². The molecule has 106 valence electrons. The van der Waals surface area contributed by atoms with Crippen LogP contribution < -0.4 is 5.32 Å². The van der Waals surface area contributed by atoms with Gasteiger partial charge in [-0.1, -0.05) is 6.92 Å². The minimum atomic E-state index is 0.376. The van der Waals surface area contributed by atoms with Gasteiger partial charge in [0.2, 0.25) is 0 Å². The summed E-state index contributed by atoms with van der Waals surface area (Å²) < 4.78 is 8.11. The molecule has 0 aliphatic carbocycles. The van der Waals surface area contributed by atoms with Crippen molar-refractivity contribution in [1.29, 1.82) is 0 Å². The molecule has 0 spiro atoms. The number of hydrogen-bond acceptors (Lipinski definition) is 4. The van der Waals surface area contributed by atoms with Crippen molar-refractivity contribution >= 4 is 0 Å². The molecule has 1 aromatic rings. The largest absolute Gasteiger partial charge is 0.378 e. The molecule has 0 amide bonds. The van der Waals surface area contributed by atoms with Crippen LogP contribution in [0, 0.1) is 0 Å². The molecule has 19 heavy (non-hydrogen) atoms. The van der Waals surface area contributed by atoms with Gasteiger partial charge in [-0.05, 0) is 32.1 Å². The van der Waals surface area contributed by atoms with Crippen LogP contribution in [0.1, 0.15) is 56.7 Å². The van der Waals surface area contributed by atoms with E-state index >= 15 is 0 Å². The van der Waals surface area contributed by atoms with E-state index in [1.807, 2.05) is 0 Å². The Kier molecular flexibility index (Phi) is 4.13. The fourth-order valence-electron chi connectivity index (χ4n) is 3.13. The summed E-state index contributed by atoms with van der Waals surface area (Å²) in [5.41, 5.74) is 0. The van der Waals surface area contributed by atoms with Crippen LogP contribution in [0.3, 0.4) is 0 Å². The van der Waals surface area contributed by atoms with Crippen LogP contribution in [0.5, 0.6) is 0 Å². The van der Waals surface area contributed by atoms with Crippen LogP contribution in [0.15, 0.2) is 0 Å². The molecule has 0 saturated carbocycles. The average Bonchev–Trinajstić information content (AvgIpc) is 2.89. The molecule has 5 heteroatoms. The molecule has 1 aromatic heterocycles. The Morgan fingerprint density at radius 2 is 2.32 bits per heavy atom. The number of fused-ring (bicyclic) bond motifs is 1. The van der Waals surface area contributed by atoms with Gasteiger partial charge in [-0.3, -0.25) is 0 Å². The number of aryl methyl sites for hydroxylation is 1. The first-order valence-corrected chi connectivity index (χ1v) is 7.65. The molecule has 0 radical (unpaired) electrons. The molecular formula is C14H24N4O. The van der Waals surface area contributed by atoms with Crippen LogP contribution in [-0.4, -0.2) is 34.0 Å². The van der Waals surface area contributed by atoms with Gasteiger partial charge in [0.15, 0.2) is 0 Å². The lowest BCUT2D eigenvalue weighted by atomic mass is 10.0. The van der Waals surface area contributed by atoms with Crippen LogP contribution in [0.4, 0.5) is 0 Å². The zero-order valence-electron chi connectivity index (χ0n) is 11.8. The highest BCUT2D eigenvalue weighted by Gasteiger charge is 2.24. The summed E-state index contributed by atoms with van der Waals surface area (Å²) in [7, 11) is 0. The Bertz CT molecular complexity index is 412. The normalized spacial score (nSPS) is 27.2. The molecule has 2 unspecified atom stereocenters. The lowest BCUT2D eigenvalue weighted by molar-refractivity contribution is 0.0111. The molecule has 3 heterocycles. The fourth-order valence-corrected chi connectivity index (χ4v) is 3.13. The summed E-state index contributed by atoms with van der Waals surface area (Å²) in [6.45, 7) is 5.15. The Labute approximate surface area is 114 Å². The van der Waals surface area contributed by atoms with E-state index in [4.69, 9.17) is 4.74 Å². The summed E-state index contributed by atoms with van der Waals surface area (Å²) in [6, 6.07) is 0.376. The maximum absolute atomic E-state index is 5.79. The van der Waals surface area contributed by atoms with E-state index in [1.54, 1.807) is 0 Å². The van der Waals surface area contributed by atoms with E-state index in [9.17, 15) is 0 Å². The van der Waals surface area contributed by atoms with Gasteiger partial charge in [-0.25, -0.2) is 0 Å². The molecule has 0 aromatic carbocycles. The second kappa shape index (κ2) is 6.01. The van der Waals surface area contributed by atoms with E-state index in [0.29, 0.717) is 12.1 Å². The van der Waals surface area contributed by atoms with Gasteiger partial charge in [-0.2, -0.15) is 0 Å². The molecule has 5 nitrogen and oxygen atoms in total. The van der Waals surface area contributed by atoms with Crippen molar-refractivity contribution in [2.45, 2.75) is 64.1 Å². The van der Waals surface area contributed by atoms with Crippen molar-refractivity contribution in [3.8, 4) is 0 Å². The average molecular weight is 264 g/mol. The second-order valence-electron chi connectivity index (χ2n) is 5.57. The van der Waals surface area contributed by atoms with Gasteiger partial charge in [0.1, 0.15) is 11.6 Å². The molecule has 1 saturated heterocycles. The molecule has 0 bridgehead atoms. The second-order valence-corrected chi connectivity index (χ2v) is 5.57. The van der Waals surface area contributed by atoms with Gasteiger partial charge in [-0.15, -0.1) is 10.2 Å². The van der Waals surface area contributed by atoms with E-state index in [0.717, 1.165) is 50.6 Å². The topological polar surface area (TPSA) is 52.0 Å². The summed E-state index contributed by atoms with van der Waals surface area (Å²) in [6.07, 6.45) is 7.33. The Balaban J connectivity index is 1.63. The van der Waals surface area contributed by atoms with Crippen LogP contribution in [-0.2, 0) is 17.7 Å². The van der Waals surface area contributed by atoms with Crippen molar-refractivity contribution < 1.29 is 4.74 Å². The van der Waals surface area contributed by atoms with Crippen LogP contribution in [0.25, 0.3) is 0 Å². The minimum Gasteiger partial charge on any atom is -0.378 e. The molecule has 2 atom stereocenters. The highest BCUT2D eigenvalue weighted by Crippen LogP contribution is 2.21. The highest BCUT2D eigenvalue weighted by molar-refractivity contribution is 5.04. The van der Waals surface area contributed by atoms with Crippen molar-refractivity contribution in [2.75, 3.05) is 13.2 Å². The van der Waals surface area contributed by atoms with Gasteiger partial charge in [0.25, 0.3) is 0 Å². The quantitative estimate of drug-likeness (QED) is 0.901. The molecule has 1 fully saturated rings. The summed E-state index contributed by atoms with van der Waals surface area (Å²) in [4.78, 5) is 0. The van der Waals surface area contributed by atoms with Gasteiger partial charge < -0.3 is 14.6 Å². The predicted octanol–water partition coefficient (Wildman–Crippen LogP) is 1.83. The van der Waals surface area contributed by atoms with Crippen molar-refractivity contribution in [1.82, 2.24) is 20.1 Å². The Morgan fingerprint density at radius 1 is 1.37 bits per heavy atom. The number of aromatic nitrogens is 3. The molecule has 2 aliphatic heterocycles. The van der Waals surface area contributed by atoms with E-state index < -0.39 is 0 Å². The van der Waals surface area contributed by atoms with E-state index in [2.05, 4.69) is 27.0 Å². The Morgan fingerprint density at radius 3 is 3.11 bits per heavy atom. The van der Waals surface area contributed by atoms with Gasteiger partial charge in [0, 0.05) is 26.1 Å². The van der Waals surface area contributed by atoms with Crippen LogP contribution >= 0.6 is 0 Å². The minimum absolute atomic E-state index is 0.376. The molecule has 3 rings (SSSR count). The monoisotopic (exact) mass is 264 g/mol. The standard InChI is InChI=1S/C14H24N4O/c1-2-12-14-17-16-13(18(14)9-8-15-12)7-6-11-5-3-4-10-19-11/h11-12,15H,2-10H2,1H3. The zero-order valence-corrected chi connectivity index (χ0v) is 11.8. The molecular weight excluding hydrogens is 240 g/mol. The molecule has 2 aliphatic rings. The van der Waals surface area contributed by atoms with E-state index in [1.165, 1.54) is 19.3 Å². The predicted molar refractivity (Wildman–Crippen MR) is 73.0 cm³/mol. The van der Waals surface area contributed by atoms with Crippen molar-refractivity contribution in [2.24, 2.45) is 0 Å². The van der Waals surface area contributed by atoms with Crippen molar-refractivity contribution in [3.63, 3.8) is 0 Å². The fraction of sp³-hybridized carbons (Fsp3) is 0.857. The summed E-state index contributed by atoms with van der Waals surface area (Å²) in [5, 5.41) is 12.3. The lowest BCUT2D eigenvalue weighted by Crippen LogP contribution is -2.34. The number of nitrogens with one attached hydrogen (secondary N) is 1. The third-order valence-corrected chi connectivity index (χ3v) is 4.27. The van der Waals surface area contributed by atoms with Gasteiger partial charge >= 0.3 is 0 Å². The maximum atomic E-state index is 5.79. The smallest absolute Gasteiger partial charge is 0.150 e. The number of ether oxygens (including phenoxy) is 1. The third kappa shape index (κ3) is 2.82. The highest BCUT2D eigenvalue weighted by atomic mass is 16.5. The number of nitrogens with zero attached hydrogens (tertiary/aromatic N) is 3. The molecule has 1 N–H and O–H groups in total. The first-order chi connectivity index (χ1) is 9.38. The lowest BCUT2D eigenvalue weighted by Gasteiger charge is -2.25. The van der Waals surface area contributed by atoms with Crippen LogP contribution in [0.2, 0.25) is 0 Å². The first kappa shape index (κ1) is 13.1. The number of rotatable bonds is 4. The first-order valence-electron chi connectivity index (χ1n) is 7.65.